The molecule has 0 aliphatic heterocycles. The van der Waals surface area contributed by atoms with Crippen molar-refractivity contribution in [1.82, 2.24) is 28.6 Å². The summed E-state index contributed by atoms with van der Waals surface area (Å²) in [7, 11) is 3.56. The van der Waals surface area contributed by atoms with Gasteiger partial charge in [0.1, 0.15) is 16.2 Å². The first-order valence-corrected chi connectivity index (χ1v) is 15.7. The van der Waals surface area contributed by atoms with Crippen molar-refractivity contribution in [1.29, 1.82) is 0 Å². The number of ether oxygens (including phenoxy) is 2. The standard InChI is InChI=1S/C34H36N6O5S/c1-20-18-38(19-36-20)26-10-8-23(17-27(26)44-7)29-21(2)28-30(41)40(24-9-11-25-22(16-24)12-14-37(25)6)33(43)39(31(28)46-29)15-13-35-32(42)45-34(3,4)5/h8-12,14,16-19H,13,15H2,1-7H3,(H,35,42). The molecule has 0 bridgehead atoms. The molecule has 12 heteroatoms. The first-order chi connectivity index (χ1) is 21.9. The van der Waals surface area contributed by atoms with Gasteiger partial charge in [0.15, 0.2) is 0 Å². The molecule has 0 aliphatic carbocycles. The molecule has 0 spiro atoms. The summed E-state index contributed by atoms with van der Waals surface area (Å²) in [5.74, 6) is 0.638. The first-order valence-electron chi connectivity index (χ1n) is 14.9. The van der Waals surface area contributed by atoms with E-state index in [4.69, 9.17) is 9.47 Å². The summed E-state index contributed by atoms with van der Waals surface area (Å²) in [5.41, 5.74) is 3.21. The van der Waals surface area contributed by atoms with Gasteiger partial charge in [-0.05, 0) is 82.1 Å². The number of aromatic nitrogens is 5. The van der Waals surface area contributed by atoms with Crippen LogP contribution in [0.25, 0.3) is 42.9 Å². The van der Waals surface area contributed by atoms with Gasteiger partial charge in [0.25, 0.3) is 5.56 Å². The quantitative estimate of drug-likeness (QED) is 0.239. The number of fused-ring (bicyclic) bond motifs is 2. The lowest BCUT2D eigenvalue weighted by Crippen LogP contribution is -2.41. The van der Waals surface area contributed by atoms with Gasteiger partial charge in [0, 0.05) is 48.3 Å². The highest BCUT2D eigenvalue weighted by Crippen LogP contribution is 2.39. The monoisotopic (exact) mass is 640 g/mol. The number of hydrogen-bond donors (Lipinski definition) is 1. The number of methoxy groups -OCH3 is 1. The minimum Gasteiger partial charge on any atom is -0.495 e. The molecule has 0 atom stereocenters. The number of thiophene rings is 1. The average molecular weight is 641 g/mol. The van der Waals surface area contributed by atoms with E-state index in [1.807, 2.05) is 78.8 Å². The van der Waals surface area contributed by atoms with Crippen molar-refractivity contribution < 1.29 is 14.3 Å². The zero-order chi connectivity index (χ0) is 32.9. The fraction of sp³-hybridized carbons (Fsp3) is 0.294. The highest BCUT2D eigenvalue weighted by Gasteiger charge is 2.23. The van der Waals surface area contributed by atoms with Gasteiger partial charge in [-0.1, -0.05) is 6.07 Å². The smallest absolute Gasteiger partial charge is 0.407 e. The number of alkyl carbamates (subject to hydrolysis) is 1. The lowest BCUT2D eigenvalue weighted by Gasteiger charge is -2.20. The van der Waals surface area contributed by atoms with Gasteiger partial charge in [-0.15, -0.1) is 11.3 Å². The Morgan fingerprint density at radius 1 is 1.07 bits per heavy atom. The molecule has 4 aromatic heterocycles. The highest BCUT2D eigenvalue weighted by molar-refractivity contribution is 7.22. The van der Waals surface area contributed by atoms with Gasteiger partial charge in [-0.25, -0.2) is 19.1 Å². The summed E-state index contributed by atoms with van der Waals surface area (Å²) < 4.78 is 17.8. The minimum atomic E-state index is -0.662. The number of imidazole rings is 1. The number of nitrogens with zero attached hydrogens (tertiary/aromatic N) is 5. The van der Waals surface area contributed by atoms with Crippen LogP contribution in [-0.2, 0) is 18.3 Å². The second kappa shape index (κ2) is 11.7. The summed E-state index contributed by atoms with van der Waals surface area (Å²) in [4.78, 5) is 46.5. The number of carbonyl (C=O) groups excluding carboxylic acids is 1. The molecular formula is C34H36N6O5S. The molecule has 0 saturated heterocycles. The maximum atomic E-state index is 14.2. The molecule has 6 aromatic rings. The van der Waals surface area contributed by atoms with Crippen molar-refractivity contribution in [2.24, 2.45) is 7.05 Å². The number of benzene rings is 2. The number of hydrogen-bond acceptors (Lipinski definition) is 7. The maximum absolute atomic E-state index is 14.2. The third kappa shape index (κ3) is 5.60. The third-order valence-electron chi connectivity index (χ3n) is 7.77. The molecule has 11 nitrogen and oxygen atoms in total. The second-order valence-electron chi connectivity index (χ2n) is 12.2. The van der Waals surface area contributed by atoms with E-state index in [1.165, 1.54) is 15.9 Å². The molecular weight excluding hydrogens is 604 g/mol. The molecule has 0 saturated carbocycles. The minimum absolute atomic E-state index is 0.124. The average Bonchev–Trinajstić information content (AvgIpc) is 3.70. The number of carbonyl (C=O) groups is 1. The Hall–Kier alpha value is -5.10. The van der Waals surface area contributed by atoms with Crippen LogP contribution >= 0.6 is 11.3 Å². The van der Waals surface area contributed by atoms with E-state index >= 15 is 0 Å². The molecule has 238 valence electrons. The largest absolute Gasteiger partial charge is 0.495 e. The van der Waals surface area contributed by atoms with Crippen LogP contribution < -0.4 is 21.3 Å². The molecule has 0 fully saturated rings. The van der Waals surface area contributed by atoms with Crippen LogP contribution in [0.15, 0.2) is 70.8 Å². The third-order valence-corrected chi connectivity index (χ3v) is 9.14. The lowest BCUT2D eigenvalue weighted by molar-refractivity contribution is 0.0526. The SMILES string of the molecule is COc1cc(-c2sc3c(c2C)c(=O)n(-c2ccc4c(ccn4C)c2)c(=O)n3CCNC(=O)OC(C)(C)C)ccc1-n1cnc(C)c1. The maximum Gasteiger partial charge on any atom is 0.407 e. The van der Waals surface area contributed by atoms with Crippen molar-refractivity contribution >= 4 is 38.5 Å². The molecule has 0 unspecified atom stereocenters. The summed E-state index contributed by atoms with van der Waals surface area (Å²) in [6, 6.07) is 13.3. The Kier molecular flexibility index (Phi) is 7.85. The Labute approximate surface area is 269 Å². The van der Waals surface area contributed by atoms with Crippen molar-refractivity contribution in [2.75, 3.05) is 13.7 Å². The van der Waals surface area contributed by atoms with Crippen LogP contribution in [0, 0.1) is 13.8 Å². The predicted molar refractivity (Wildman–Crippen MR) is 181 cm³/mol. The van der Waals surface area contributed by atoms with E-state index in [1.54, 1.807) is 44.8 Å². The molecule has 2 aromatic carbocycles. The van der Waals surface area contributed by atoms with Crippen LogP contribution in [0.1, 0.15) is 32.0 Å². The summed E-state index contributed by atoms with van der Waals surface area (Å²) in [6.45, 7) is 9.43. The molecule has 0 aliphatic rings. The van der Waals surface area contributed by atoms with Gasteiger partial charge in [0.2, 0.25) is 0 Å². The Morgan fingerprint density at radius 2 is 1.85 bits per heavy atom. The zero-order valence-corrected chi connectivity index (χ0v) is 27.7. The van der Waals surface area contributed by atoms with E-state index in [9.17, 15) is 14.4 Å². The van der Waals surface area contributed by atoms with Crippen LogP contribution in [0.3, 0.4) is 0 Å². The van der Waals surface area contributed by atoms with E-state index in [0.29, 0.717) is 21.7 Å². The van der Waals surface area contributed by atoms with Crippen LogP contribution in [0.4, 0.5) is 4.79 Å². The predicted octanol–water partition coefficient (Wildman–Crippen LogP) is 5.71. The van der Waals surface area contributed by atoms with Crippen LogP contribution in [0.2, 0.25) is 0 Å². The summed E-state index contributed by atoms with van der Waals surface area (Å²) in [5, 5.41) is 4.09. The van der Waals surface area contributed by atoms with Crippen molar-refractivity contribution in [3.8, 4) is 27.6 Å². The normalized spacial score (nSPS) is 11.8. The molecule has 1 amide bonds. The van der Waals surface area contributed by atoms with Gasteiger partial charge < -0.3 is 23.9 Å². The van der Waals surface area contributed by atoms with Gasteiger partial charge in [-0.2, -0.15) is 0 Å². The van der Waals surface area contributed by atoms with E-state index < -0.39 is 22.9 Å². The first kappa shape index (κ1) is 30.9. The Morgan fingerprint density at radius 3 is 2.54 bits per heavy atom. The van der Waals surface area contributed by atoms with Gasteiger partial charge >= 0.3 is 11.8 Å². The fourth-order valence-corrected chi connectivity index (χ4v) is 6.94. The molecule has 1 N–H and O–H groups in total. The number of nitrogens with one attached hydrogen (secondary N) is 1. The Balaban J connectivity index is 1.50. The van der Waals surface area contributed by atoms with Crippen molar-refractivity contribution in [2.45, 2.75) is 46.8 Å². The Bertz CT molecular complexity index is 2240. The van der Waals surface area contributed by atoms with Gasteiger partial charge in [0.05, 0.1) is 35.9 Å². The van der Waals surface area contributed by atoms with E-state index in [2.05, 4.69) is 10.3 Å². The van der Waals surface area contributed by atoms with Crippen molar-refractivity contribution in [3.05, 3.63) is 93.3 Å². The second-order valence-corrected chi connectivity index (χ2v) is 13.2. The molecule has 46 heavy (non-hydrogen) atoms. The number of rotatable bonds is 7. The molecule has 6 rings (SSSR count). The van der Waals surface area contributed by atoms with E-state index in [0.717, 1.165) is 38.3 Å². The topological polar surface area (TPSA) is 114 Å². The molecule has 4 heterocycles. The lowest BCUT2D eigenvalue weighted by atomic mass is 10.1. The van der Waals surface area contributed by atoms with Crippen LogP contribution in [0.5, 0.6) is 5.75 Å². The fourth-order valence-electron chi connectivity index (χ4n) is 5.62. The van der Waals surface area contributed by atoms with Crippen molar-refractivity contribution in [3.63, 3.8) is 0 Å². The highest BCUT2D eigenvalue weighted by atomic mass is 32.1. The molecule has 0 radical (unpaired) electrons. The van der Waals surface area contributed by atoms with Crippen LogP contribution in [-0.4, -0.2) is 48.6 Å². The summed E-state index contributed by atoms with van der Waals surface area (Å²) >= 11 is 1.36. The zero-order valence-electron chi connectivity index (χ0n) is 26.9. The number of amides is 1. The number of aryl methyl sites for hydroxylation is 3. The summed E-state index contributed by atoms with van der Waals surface area (Å²) in [6.07, 6.45) is 5.00. The van der Waals surface area contributed by atoms with E-state index in [-0.39, 0.29) is 13.1 Å². The van der Waals surface area contributed by atoms with Gasteiger partial charge in [-0.3, -0.25) is 9.36 Å².